The Balaban J connectivity index is 1.77. The number of hydrogen-bond donors (Lipinski definition) is 2. The topological polar surface area (TPSA) is 110 Å². The summed E-state index contributed by atoms with van der Waals surface area (Å²) in [6.07, 6.45) is 3.97. The van der Waals surface area contributed by atoms with E-state index in [4.69, 9.17) is 0 Å². The van der Waals surface area contributed by atoms with Crippen LogP contribution in [-0.4, -0.2) is 47.4 Å². The molecule has 0 amide bonds. The average molecular weight is 289 g/mol. The highest BCUT2D eigenvalue weighted by Gasteiger charge is 2.28. The highest BCUT2D eigenvalue weighted by molar-refractivity contribution is 7.99. The number of nitrogens with one attached hydrogen (secondary N) is 2. The van der Waals surface area contributed by atoms with E-state index in [0.29, 0.717) is 17.6 Å². The fraction of sp³-hybridized carbons (Fsp3) is 0.400. The Hall–Kier alpha value is -2.23. The highest BCUT2D eigenvalue weighted by Crippen LogP contribution is 2.38. The number of hydrogen-bond acceptors (Lipinski definition) is 8. The Bertz CT molecular complexity index is 759. The molecule has 0 unspecified atom stereocenters. The lowest BCUT2D eigenvalue weighted by molar-refractivity contribution is 0.565. The molecular formula is C10H11N9S. The Morgan fingerprint density at radius 1 is 1.40 bits per heavy atom. The summed E-state index contributed by atoms with van der Waals surface area (Å²) >= 11 is 1.43. The number of H-pyrrole nitrogens is 1. The predicted molar refractivity (Wildman–Crippen MR) is 71.4 cm³/mol. The van der Waals surface area contributed by atoms with Crippen molar-refractivity contribution in [3.63, 3.8) is 0 Å². The van der Waals surface area contributed by atoms with Gasteiger partial charge in [-0.1, -0.05) is 0 Å². The monoisotopic (exact) mass is 289 g/mol. The van der Waals surface area contributed by atoms with Crippen LogP contribution in [0.2, 0.25) is 0 Å². The number of tetrazole rings is 1. The molecule has 9 nitrogen and oxygen atoms in total. The SMILES string of the molecule is CNc1nc(Sc2nnnn2C2CC2)c2cn[nH]c2n1. The van der Waals surface area contributed by atoms with Gasteiger partial charge in [0.1, 0.15) is 5.03 Å². The third-order valence-electron chi connectivity index (χ3n) is 3.04. The van der Waals surface area contributed by atoms with Crippen LogP contribution in [0.15, 0.2) is 16.4 Å². The van der Waals surface area contributed by atoms with Crippen molar-refractivity contribution in [1.29, 1.82) is 0 Å². The molecule has 3 aromatic heterocycles. The van der Waals surface area contributed by atoms with Crippen LogP contribution >= 0.6 is 11.8 Å². The van der Waals surface area contributed by atoms with Crippen LogP contribution in [0.25, 0.3) is 11.0 Å². The van der Waals surface area contributed by atoms with Crippen LogP contribution in [-0.2, 0) is 0 Å². The molecular weight excluding hydrogens is 278 g/mol. The molecule has 0 aromatic carbocycles. The predicted octanol–water partition coefficient (Wildman–Crippen LogP) is 0.867. The van der Waals surface area contributed by atoms with Gasteiger partial charge in [0.2, 0.25) is 11.1 Å². The van der Waals surface area contributed by atoms with Crippen molar-refractivity contribution in [2.75, 3.05) is 12.4 Å². The smallest absolute Gasteiger partial charge is 0.225 e. The first kappa shape index (κ1) is 11.6. The minimum absolute atomic E-state index is 0.429. The largest absolute Gasteiger partial charge is 0.357 e. The van der Waals surface area contributed by atoms with E-state index < -0.39 is 0 Å². The van der Waals surface area contributed by atoms with E-state index in [0.717, 1.165) is 28.4 Å². The van der Waals surface area contributed by atoms with Crippen molar-refractivity contribution in [3.05, 3.63) is 6.20 Å². The second-order valence-electron chi connectivity index (χ2n) is 4.47. The molecule has 0 radical (unpaired) electrons. The molecule has 1 aliphatic carbocycles. The van der Waals surface area contributed by atoms with E-state index in [9.17, 15) is 0 Å². The number of anilines is 1. The van der Waals surface area contributed by atoms with Gasteiger partial charge in [0, 0.05) is 7.05 Å². The maximum Gasteiger partial charge on any atom is 0.225 e. The van der Waals surface area contributed by atoms with Gasteiger partial charge in [-0.05, 0) is 35.0 Å². The van der Waals surface area contributed by atoms with Gasteiger partial charge >= 0.3 is 0 Å². The molecule has 3 heterocycles. The first-order valence-corrected chi connectivity index (χ1v) is 7.01. The molecule has 0 saturated heterocycles. The van der Waals surface area contributed by atoms with Crippen LogP contribution in [0.3, 0.4) is 0 Å². The van der Waals surface area contributed by atoms with E-state index in [2.05, 4.69) is 41.0 Å². The summed E-state index contributed by atoms with van der Waals surface area (Å²) in [5, 5.41) is 24.0. The van der Waals surface area contributed by atoms with Gasteiger partial charge in [-0.3, -0.25) is 5.10 Å². The van der Waals surface area contributed by atoms with Crippen LogP contribution < -0.4 is 5.32 Å². The third-order valence-corrected chi connectivity index (χ3v) is 4.00. The van der Waals surface area contributed by atoms with Gasteiger partial charge in [0.25, 0.3) is 0 Å². The molecule has 0 bridgehead atoms. The van der Waals surface area contributed by atoms with Crippen molar-refractivity contribution in [2.45, 2.75) is 29.1 Å². The summed E-state index contributed by atoms with van der Waals surface area (Å²) in [7, 11) is 1.78. The molecule has 1 fully saturated rings. The number of aromatic amines is 1. The van der Waals surface area contributed by atoms with Crippen molar-refractivity contribution in [3.8, 4) is 0 Å². The summed E-state index contributed by atoms with van der Waals surface area (Å²) < 4.78 is 1.86. The van der Waals surface area contributed by atoms with Crippen molar-refractivity contribution in [2.24, 2.45) is 0 Å². The molecule has 1 saturated carbocycles. The minimum Gasteiger partial charge on any atom is -0.357 e. The van der Waals surface area contributed by atoms with Crippen LogP contribution in [0.4, 0.5) is 5.95 Å². The van der Waals surface area contributed by atoms with E-state index in [1.807, 2.05) is 4.68 Å². The lowest BCUT2D eigenvalue weighted by Crippen LogP contribution is -2.01. The maximum absolute atomic E-state index is 4.46. The van der Waals surface area contributed by atoms with Crippen molar-refractivity contribution >= 4 is 28.7 Å². The van der Waals surface area contributed by atoms with Gasteiger partial charge in [0.05, 0.1) is 17.6 Å². The molecule has 4 rings (SSSR count). The summed E-state index contributed by atoms with van der Waals surface area (Å²) in [6, 6.07) is 0.429. The summed E-state index contributed by atoms with van der Waals surface area (Å²) in [5.74, 6) is 0.537. The van der Waals surface area contributed by atoms with E-state index in [1.54, 1.807) is 13.2 Å². The van der Waals surface area contributed by atoms with Crippen LogP contribution in [0, 0.1) is 0 Å². The second kappa shape index (κ2) is 4.40. The number of rotatable bonds is 4. The zero-order chi connectivity index (χ0) is 13.5. The van der Waals surface area contributed by atoms with E-state index in [1.165, 1.54) is 11.8 Å². The standard InChI is InChI=1S/C10H11N9S/c1-11-9-13-7-6(4-12-15-7)8(14-9)20-10-16-17-18-19(10)5-2-3-5/h4-5H,2-3H2,1H3,(H2,11,12,13,14,15). The lowest BCUT2D eigenvalue weighted by atomic mass is 10.4. The summed E-state index contributed by atoms with van der Waals surface area (Å²) in [6.45, 7) is 0. The Morgan fingerprint density at radius 2 is 2.30 bits per heavy atom. The molecule has 0 aliphatic heterocycles. The zero-order valence-corrected chi connectivity index (χ0v) is 11.4. The minimum atomic E-state index is 0.429. The molecule has 3 aromatic rings. The Morgan fingerprint density at radius 3 is 3.10 bits per heavy atom. The molecule has 0 spiro atoms. The summed E-state index contributed by atoms with van der Waals surface area (Å²) in [5.41, 5.74) is 0.692. The molecule has 1 aliphatic rings. The second-order valence-corrected chi connectivity index (χ2v) is 5.43. The highest BCUT2D eigenvalue weighted by atomic mass is 32.2. The number of nitrogens with zero attached hydrogens (tertiary/aromatic N) is 7. The van der Waals surface area contributed by atoms with Crippen molar-refractivity contribution < 1.29 is 0 Å². The van der Waals surface area contributed by atoms with Crippen molar-refractivity contribution in [1.82, 2.24) is 40.4 Å². The Labute approximate surface area is 117 Å². The van der Waals surface area contributed by atoms with Gasteiger partial charge in [-0.15, -0.1) is 5.10 Å². The quantitative estimate of drug-likeness (QED) is 0.681. The molecule has 10 heteroatoms. The fourth-order valence-electron chi connectivity index (χ4n) is 1.89. The molecule has 2 N–H and O–H groups in total. The van der Waals surface area contributed by atoms with E-state index >= 15 is 0 Å². The van der Waals surface area contributed by atoms with Crippen LogP contribution in [0.1, 0.15) is 18.9 Å². The summed E-state index contributed by atoms with van der Waals surface area (Å²) in [4.78, 5) is 8.76. The Kier molecular flexibility index (Phi) is 2.55. The first-order valence-electron chi connectivity index (χ1n) is 6.20. The molecule has 0 atom stereocenters. The fourth-order valence-corrected chi connectivity index (χ4v) is 2.81. The molecule has 102 valence electrons. The van der Waals surface area contributed by atoms with Gasteiger partial charge < -0.3 is 5.32 Å². The molecule has 20 heavy (non-hydrogen) atoms. The maximum atomic E-state index is 4.46. The average Bonchev–Trinajstić information content (AvgIpc) is 3.01. The van der Waals surface area contributed by atoms with E-state index in [-0.39, 0.29) is 0 Å². The number of aromatic nitrogens is 8. The van der Waals surface area contributed by atoms with Gasteiger partial charge in [-0.2, -0.15) is 10.1 Å². The number of fused-ring (bicyclic) bond motifs is 1. The van der Waals surface area contributed by atoms with Gasteiger partial charge in [0.15, 0.2) is 5.65 Å². The third kappa shape index (κ3) is 1.88. The lowest BCUT2D eigenvalue weighted by Gasteiger charge is -2.04. The zero-order valence-electron chi connectivity index (χ0n) is 10.6. The van der Waals surface area contributed by atoms with Crippen LogP contribution in [0.5, 0.6) is 0 Å². The normalized spacial score (nSPS) is 14.8. The van der Waals surface area contributed by atoms with Gasteiger partial charge in [-0.25, -0.2) is 9.67 Å². The first-order chi connectivity index (χ1) is 9.85.